The molecular formula is C27H48N4O4. The molecule has 0 aromatic rings. The van der Waals surface area contributed by atoms with Gasteiger partial charge in [-0.25, -0.2) is 14.9 Å². The van der Waals surface area contributed by atoms with Gasteiger partial charge in [0.15, 0.2) is 0 Å². The molecule has 0 aromatic heterocycles. The maximum atomic E-state index is 11.7. The molecule has 2 heterocycles. The van der Waals surface area contributed by atoms with Gasteiger partial charge >= 0.3 is 11.9 Å². The number of hydrogen-bond donors (Lipinski definition) is 2. The van der Waals surface area contributed by atoms with Gasteiger partial charge in [-0.15, -0.1) is 0 Å². The van der Waals surface area contributed by atoms with E-state index >= 15 is 0 Å². The molecule has 2 rings (SSSR count). The van der Waals surface area contributed by atoms with E-state index in [-0.39, 0.29) is 23.0 Å². The molecule has 2 saturated heterocycles. The van der Waals surface area contributed by atoms with Gasteiger partial charge in [0.25, 0.3) is 0 Å². The second-order valence-corrected chi connectivity index (χ2v) is 11.3. The van der Waals surface area contributed by atoms with Gasteiger partial charge in [-0.05, 0) is 66.5 Å². The van der Waals surface area contributed by atoms with Crippen molar-refractivity contribution in [3.05, 3.63) is 24.6 Å². The molecule has 2 unspecified atom stereocenters. The first-order valence-electron chi connectivity index (χ1n) is 13.2. The van der Waals surface area contributed by atoms with Crippen LogP contribution in [-0.2, 0) is 19.3 Å². The third-order valence-corrected chi connectivity index (χ3v) is 6.80. The fraction of sp³-hybridized carbons (Fsp3) is 0.778. The van der Waals surface area contributed by atoms with Crippen LogP contribution in [-0.4, -0.2) is 58.3 Å². The van der Waals surface area contributed by atoms with Crippen molar-refractivity contribution < 1.29 is 19.3 Å². The number of piperidine rings is 2. The van der Waals surface area contributed by atoms with Gasteiger partial charge in [0.1, 0.15) is 0 Å². The zero-order valence-corrected chi connectivity index (χ0v) is 22.9. The van der Waals surface area contributed by atoms with Crippen LogP contribution in [0.3, 0.4) is 0 Å². The first-order chi connectivity index (χ1) is 16.4. The molecule has 0 aromatic carbocycles. The van der Waals surface area contributed by atoms with Crippen molar-refractivity contribution in [1.29, 1.82) is 0 Å². The quantitative estimate of drug-likeness (QED) is 0.383. The Balaban J connectivity index is 1.60. The van der Waals surface area contributed by atoms with Crippen molar-refractivity contribution >= 4 is 11.9 Å². The highest BCUT2D eigenvalue weighted by atomic mass is 16.7. The van der Waals surface area contributed by atoms with Gasteiger partial charge in [-0.1, -0.05) is 32.9 Å². The standard InChI is InChI=1S/C27H48N4O4/c1-9-25(33)35-31-21(3)17-24(19-27(31,7)8)29-15-13-11-10-12-14-28-23-16-20(2)30(34-22(4)32)26(5,6)18-23/h23-24,28-29H,2-3,9-19H2,1,4-8H3. The van der Waals surface area contributed by atoms with E-state index in [9.17, 15) is 9.59 Å². The monoisotopic (exact) mass is 492 g/mol. The highest BCUT2D eigenvalue weighted by Gasteiger charge is 2.39. The topological polar surface area (TPSA) is 83.1 Å². The lowest BCUT2D eigenvalue weighted by Crippen LogP contribution is -2.53. The zero-order chi connectivity index (χ0) is 26.2. The molecule has 2 atom stereocenters. The Kier molecular flexibility index (Phi) is 10.6. The van der Waals surface area contributed by atoms with E-state index in [2.05, 4.69) is 51.5 Å². The largest absolute Gasteiger partial charge is 0.341 e. The number of carbonyl (C=O) groups excluding carboxylic acids is 2. The number of hydrogen-bond acceptors (Lipinski definition) is 8. The van der Waals surface area contributed by atoms with Crippen LogP contribution < -0.4 is 10.6 Å². The van der Waals surface area contributed by atoms with Crippen LogP contribution in [0, 0.1) is 0 Å². The Morgan fingerprint density at radius 2 is 1.29 bits per heavy atom. The Hall–Kier alpha value is -2.06. The number of rotatable bonds is 12. The third-order valence-electron chi connectivity index (χ3n) is 6.80. The minimum Gasteiger partial charge on any atom is -0.341 e. The lowest BCUT2D eigenvalue weighted by atomic mass is 9.87. The average molecular weight is 493 g/mol. The summed E-state index contributed by atoms with van der Waals surface area (Å²) >= 11 is 0. The molecule has 2 aliphatic rings. The summed E-state index contributed by atoms with van der Waals surface area (Å²) in [4.78, 5) is 34.0. The normalized spacial score (nSPS) is 23.8. The molecular weight excluding hydrogens is 444 g/mol. The molecule has 2 aliphatic heterocycles. The minimum atomic E-state index is -0.309. The van der Waals surface area contributed by atoms with Gasteiger partial charge in [0.05, 0.1) is 11.1 Å². The molecule has 2 fully saturated rings. The van der Waals surface area contributed by atoms with Gasteiger partial charge in [-0.2, -0.15) is 0 Å². The van der Waals surface area contributed by atoms with Crippen LogP contribution in [0.2, 0.25) is 0 Å². The first-order valence-corrected chi connectivity index (χ1v) is 13.2. The SMILES string of the molecule is C=C1CC(NCCCCCCNC2CC(=C)N(OC(=O)CC)C(C)(C)C2)CC(C)(C)N1OC(C)=O. The number of nitrogens with zero attached hydrogens (tertiary/aromatic N) is 2. The van der Waals surface area contributed by atoms with Crippen molar-refractivity contribution in [3.8, 4) is 0 Å². The average Bonchev–Trinajstić information content (AvgIpc) is 2.74. The molecule has 200 valence electrons. The number of unbranched alkanes of at least 4 members (excludes halogenated alkanes) is 3. The predicted octanol–water partition coefficient (Wildman–Crippen LogP) is 4.59. The Labute approximate surface area is 212 Å². The summed E-state index contributed by atoms with van der Waals surface area (Å²) in [7, 11) is 0. The van der Waals surface area contributed by atoms with Crippen molar-refractivity contribution in [2.24, 2.45) is 0 Å². The van der Waals surface area contributed by atoms with E-state index in [1.165, 1.54) is 19.8 Å². The summed E-state index contributed by atoms with van der Waals surface area (Å²) in [5.41, 5.74) is 1.17. The molecule has 0 radical (unpaired) electrons. The van der Waals surface area contributed by atoms with Gasteiger partial charge < -0.3 is 20.3 Å². The summed E-state index contributed by atoms with van der Waals surface area (Å²) in [6.45, 7) is 21.8. The second kappa shape index (κ2) is 12.8. The van der Waals surface area contributed by atoms with E-state index < -0.39 is 0 Å². The molecule has 8 heteroatoms. The van der Waals surface area contributed by atoms with E-state index in [0.29, 0.717) is 18.5 Å². The third kappa shape index (κ3) is 8.83. The summed E-state index contributed by atoms with van der Waals surface area (Å²) in [6, 6.07) is 0.704. The fourth-order valence-corrected chi connectivity index (χ4v) is 5.28. The molecule has 0 aliphatic carbocycles. The van der Waals surface area contributed by atoms with Crippen LogP contribution in [0.1, 0.15) is 99.3 Å². The molecule has 2 N–H and O–H groups in total. The smallest absolute Gasteiger partial charge is 0.332 e. The van der Waals surface area contributed by atoms with Crippen LogP contribution in [0.5, 0.6) is 0 Å². The molecule has 8 nitrogen and oxygen atoms in total. The van der Waals surface area contributed by atoms with Crippen LogP contribution in [0.4, 0.5) is 0 Å². The predicted molar refractivity (Wildman–Crippen MR) is 139 cm³/mol. The van der Waals surface area contributed by atoms with Gasteiger partial charge in [-0.3, -0.25) is 4.79 Å². The van der Waals surface area contributed by atoms with Crippen LogP contribution in [0.15, 0.2) is 24.6 Å². The molecule has 0 bridgehead atoms. The highest BCUT2D eigenvalue weighted by Crippen LogP contribution is 2.35. The Bertz CT molecular complexity index is 764. The highest BCUT2D eigenvalue weighted by molar-refractivity contribution is 5.68. The summed E-state index contributed by atoms with van der Waals surface area (Å²) < 4.78 is 0. The van der Waals surface area contributed by atoms with Crippen LogP contribution in [0.25, 0.3) is 0 Å². The van der Waals surface area contributed by atoms with Crippen molar-refractivity contribution in [3.63, 3.8) is 0 Å². The molecule has 0 amide bonds. The molecule has 0 saturated carbocycles. The van der Waals surface area contributed by atoms with E-state index in [4.69, 9.17) is 9.68 Å². The first kappa shape index (κ1) is 29.2. The van der Waals surface area contributed by atoms with Crippen molar-refractivity contribution in [2.45, 2.75) is 122 Å². The van der Waals surface area contributed by atoms with E-state index in [1.54, 1.807) is 17.1 Å². The summed E-state index contributed by atoms with van der Waals surface area (Å²) in [5, 5.41) is 10.7. The van der Waals surface area contributed by atoms with Gasteiger partial charge in [0.2, 0.25) is 0 Å². The van der Waals surface area contributed by atoms with Crippen molar-refractivity contribution in [2.75, 3.05) is 13.1 Å². The minimum absolute atomic E-state index is 0.221. The number of hydroxylamine groups is 4. The second-order valence-electron chi connectivity index (χ2n) is 11.3. The zero-order valence-electron chi connectivity index (χ0n) is 22.9. The Morgan fingerprint density at radius 3 is 1.66 bits per heavy atom. The summed E-state index contributed by atoms with van der Waals surface area (Å²) in [5.74, 6) is -0.530. The molecule has 0 spiro atoms. The summed E-state index contributed by atoms with van der Waals surface area (Å²) in [6.07, 6.45) is 8.42. The lowest BCUT2D eigenvalue weighted by molar-refractivity contribution is -0.210. The lowest BCUT2D eigenvalue weighted by Gasteiger charge is -2.46. The number of nitrogens with one attached hydrogen (secondary N) is 2. The van der Waals surface area contributed by atoms with E-state index in [1.807, 2.05) is 0 Å². The fourth-order valence-electron chi connectivity index (χ4n) is 5.28. The Morgan fingerprint density at radius 1 is 0.857 bits per heavy atom. The van der Waals surface area contributed by atoms with Crippen molar-refractivity contribution in [1.82, 2.24) is 20.8 Å². The maximum absolute atomic E-state index is 11.7. The molecule has 35 heavy (non-hydrogen) atoms. The maximum Gasteiger partial charge on any atom is 0.332 e. The van der Waals surface area contributed by atoms with Gasteiger partial charge in [0, 0.05) is 49.7 Å². The van der Waals surface area contributed by atoms with E-state index in [0.717, 1.165) is 63.0 Å². The van der Waals surface area contributed by atoms with Crippen LogP contribution >= 0.6 is 0 Å². The number of carbonyl (C=O) groups is 2.